The summed E-state index contributed by atoms with van der Waals surface area (Å²) >= 11 is 0. The van der Waals surface area contributed by atoms with Gasteiger partial charge < -0.3 is 15.4 Å². The summed E-state index contributed by atoms with van der Waals surface area (Å²) in [7, 11) is -3.53. The molecule has 2 aliphatic heterocycles. The van der Waals surface area contributed by atoms with Crippen LogP contribution >= 0.6 is 12.4 Å². The number of hydrogen-bond donors (Lipinski definition) is 2. The number of carbonyl (C=O) groups is 1. The molecule has 3 rings (SSSR count). The molecule has 2 aliphatic rings. The third-order valence-corrected chi connectivity index (χ3v) is 7.15. The number of hydrogen-bond acceptors (Lipinski definition) is 5. The number of carbonyl (C=O) groups excluding carboxylic acids is 1. The number of nitrogens with one attached hydrogen (secondary N) is 2. The molecule has 7 nitrogen and oxygen atoms in total. The summed E-state index contributed by atoms with van der Waals surface area (Å²) in [6.45, 7) is 4.99. The Morgan fingerprint density at radius 2 is 1.89 bits per heavy atom. The molecule has 2 saturated heterocycles. The lowest BCUT2D eigenvalue weighted by molar-refractivity contribution is -0.126. The third-order valence-electron chi connectivity index (χ3n) is 5.24. The van der Waals surface area contributed by atoms with Crippen LogP contribution in [0.1, 0.15) is 32.6 Å². The predicted molar refractivity (Wildman–Crippen MR) is 110 cm³/mol. The van der Waals surface area contributed by atoms with Crippen molar-refractivity contribution in [3.05, 3.63) is 24.3 Å². The second-order valence-corrected chi connectivity index (χ2v) is 9.07. The Morgan fingerprint density at radius 1 is 1.21 bits per heavy atom. The Labute approximate surface area is 173 Å². The number of benzene rings is 1. The van der Waals surface area contributed by atoms with Gasteiger partial charge in [-0.1, -0.05) is 0 Å². The van der Waals surface area contributed by atoms with Gasteiger partial charge in [-0.3, -0.25) is 4.79 Å². The fourth-order valence-electron chi connectivity index (χ4n) is 3.68. The Balaban J connectivity index is 0.00000280. The van der Waals surface area contributed by atoms with E-state index in [1.807, 2.05) is 6.92 Å². The normalized spacial score (nSPS) is 21.5. The van der Waals surface area contributed by atoms with Crippen molar-refractivity contribution in [2.45, 2.75) is 43.5 Å². The second-order valence-electron chi connectivity index (χ2n) is 7.13. The standard InChI is InChI=1S/C19H29N3O4S.ClH/c1-2-26-17-5-7-18(8-6-17)27(24,25)22-12-9-15(10-13-22)19(23)21-16-4-3-11-20-14-16;/h5-8,15-16,20H,2-4,9-14H2,1H3,(H,21,23);1H/t16-;/m0./s1. The average Bonchev–Trinajstić information content (AvgIpc) is 2.69. The molecule has 0 unspecified atom stereocenters. The number of ether oxygens (including phenoxy) is 1. The van der Waals surface area contributed by atoms with Crippen molar-refractivity contribution in [3.63, 3.8) is 0 Å². The first-order valence-electron chi connectivity index (χ1n) is 9.75. The predicted octanol–water partition coefficient (Wildman–Crippen LogP) is 1.78. The van der Waals surface area contributed by atoms with Crippen LogP contribution in [0.4, 0.5) is 0 Å². The van der Waals surface area contributed by atoms with Crippen molar-refractivity contribution < 1.29 is 17.9 Å². The molecule has 158 valence electrons. The van der Waals surface area contributed by atoms with Gasteiger partial charge in [-0.2, -0.15) is 4.31 Å². The highest BCUT2D eigenvalue weighted by Gasteiger charge is 2.32. The van der Waals surface area contributed by atoms with Gasteiger partial charge in [0.2, 0.25) is 15.9 Å². The summed E-state index contributed by atoms with van der Waals surface area (Å²) in [4.78, 5) is 12.7. The second kappa shape index (κ2) is 10.4. The minimum absolute atomic E-state index is 0. The van der Waals surface area contributed by atoms with E-state index in [1.54, 1.807) is 24.3 Å². The summed E-state index contributed by atoms with van der Waals surface area (Å²) in [6, 6.07) is 6.70. The van der Waals surface area contributed by atoms with Gasteiger partial charge in [0.05, 0.1) is 11.5 Å². The molecular formula is C19H30ClN3O4S. The van der Waals surface area contributed by atoms with E-state index in [0.29, 0.717) is 38.3 Å². The van der Waals surface area contributed by atoms with Crippen molar-refractivity contribution in [1.82, 2.24) is 14.9 Å². The van der Waals surface area contributed by atoms with Crippen molar-refractivity contribution in [1.29, 1.82) is 0 Å². The lowest BCUT2D eigenvalue weighted by Crippen LogP contribution is -2.49. The zero-order valence-electron chi connectivity index (χ0n) is 16.2. The Hall–Kier alpha value is -1.35. The molecule has 2 fully saturated rings. The van der Waals surface area contributed by atoms with E-state index < -0.39 is 10.0 Å². The van der Waals surface area contributed by atoms with E-state index in [1.165, 1.54) is 4.31 Å². The topological polar surface area (TPSA) is 87.7 Å². The Bertz CT molecular complexity index is 728. The first-order valence-corrected chi connectivity index (χ1v) is 11.2. The molecule has 0 spiro atoms. The average molecular weight is 432 g/mol. The highest BCUT2D eigenvalue weighted by molar-refractivity contribution is 7.89. The smallest absolute Gasteiger partial charge is 0.243 e. The summed E-state index contributed by atoms with van der Waals surface area (Å²) in [6.07, 6.45) is 3.19. The van der Waals surface area contributed by atoms with Crippen LogP contribution in [0.3, 0.4) is 0 Å². The zero-order valence-corrected chi connectivity index (χ0v) is 17.9. The summed E-state index contributed by atoms with van der Waals surface area (Å²) in [5.41, 5.74) is 0. The SMILES string of the molecule is CCOc1ccc(S(=O)(=O)N2CCC(C(=O)N[C@H]3CCCNC3)CC2)cc1.Cl. The molecule has 1 amide bonds. The van der Waals surface area contributed by atoms with E-state index in [9.17, 15) is 13.2 Å². The Morgan fingerprint density at radius 3 is 2.46 bits per heavy atom. The van der Waals surface area contributed by atoms with Gasteiger partial charge in [0.25, 0.3) is 0 Å². The van der Waals surface area contributed by atoms with Crippen molar-refractivity contribution in [2.75, 3.05) is 32.8 Å². The number of piperidine rings is 2. The molecule has 0 saturated carbocycles. The van der Waals surface area contributed by atoms with Crippen LogP contribution in [-0.2, 0) is 14.8 Å². The maximum atomic E-state index is 12.8. The van der Waals surface area contributed by atoms with Crippen molar-refractivity contribution >= 4 is 28.3 Å². The van der Waals surface area contributed by atoms with Crippen LogP contribution in [-0.4, -0.2) is 57.5 Å². The molecule has 0 radical (unpaired) electrons. The summed E-state index contributed by atoms with van der Waals surface area (Å²) in [5.74, 6) is 0.601. The van der Waals surface area contributed by atoms with Crippen molar-refractivity contribution in [3.8, 4) is 5.75 Å². The molecule has 9 heteroatoms. The highest BCUT2D eigenvalue weighted by atomic mass is 35.5. The number of sulfonamides is 1. The first-order chi connectivity index (χ1) is 13.0. The quantitative estimate of drug-likeness (QED) is 0.716. The van der Waals surface area contributed by atoms with Gasteiger partial charge in [-0.15, -0.1) is 12.4 Å². The van der Waals surface area contributed by atoms with Gasteiger partial charge in [0, 0.05) is 31.6 Å². The van der Waals surface area contributed by atoms with Crippen LogP contribution in [0.2, 0.25) is 0 Å². The zero-order chi connectivity index (χ0) is 19.3. The minimum atomic E-state index is -3.53. The van der Waals surface area contributed by atoms with Crippen LogP contribution in [0.25, 0.3) is 0 Å². The molecule has 28 heavy (non-hydrogen) atoms. The largest absolute Gasteiger partial charge is 0.494 e. The van der Waals surface area contributed by atoms with Gasteiger partial charge >= 0.3 is 0 Å². The monoisotopic (exact) mass is 431 g/mol. The van der Waals surface area contributed by atoms with E-state index in [4.69, 9.17) is 4.74 Å². The van der Waals surface area contributed by atoms with Gasteiger partial charge in [-0.05, 0) is 63.4 Å². The fourth-order valence-corrected chi connectivity index (χ4v) is 5.15. The van der Waals surface area contributed by atoms with Gasteiger partial charge in [0.15, 0.2) is 0 Å². The first kappa shape index (κ1) is 22.9. The molecule has 2 heterocycles. The molecule has 0 bridgehead atoms. The van der Waals surface area contributed by atoms with E-state index in [2.05, 4.69) is 10.6 Å². The molecule has 0 aliphatic carbocycles. The molecule has 1 aromatic rings. The lowest BCUT2D eigenvalue weighted by atomic mass is 9.96. The maximum Gasteiger partial charge on any atom is 0.243 e. The number of rotatable bonds is 6. The van der Waals surface area contributed by atoms with E-state index in [-0.39, 0.29) is 35.2 Å². The van der Waals surface area contributed by atoms with Crippen LogP contribution in [0.15, 0.2) is 29.2 Å². The molecule has 1 aromatic carbocycles. The van der Waals surface area contributed by atoms with Gasteiger partial charge in [-0.25, -0.2) is 8.42 Å². The number of nitrogens with zero attached hydrogens (tertiary/aromatic N) is 1. The maximum absolute atomic E-state index is 12.8. The van der Waals surface area contributed by atoms with E-state index >= 15 is 0 Å². The van der Waals surface area contributed by atoms with Gasteiger partial charge in [0.1, 0.15) is 5.75 Å². The third kappa shape index (κ3) is 5.59. The van der Waals surface area contributed by atoms with Crippen LogP contribution < -0.4 is 15.4 Å². The molecule has 1 atom stereocenters. The minimum Gasteiger partial charge on any atom is -0.494 e. The Kier molecular flexibility index (Phi) is 8.55. The van der Waals surface area contributed by atoms with E-state index in [0.717, 1.165) is 25.9 Å². The number of amides is 1. The molecule has 0 aromatic heterocycles. The summed E-state index contributed by atoms with van der Waals surface area (Å²) < 4.78 is 32.5. The molecule has 2 N–H and O–H groups in total. The summed E-state index contributed by atoms with van der Waals surface area (Å²) in [5, 5.41) is 6.40. The van der Waals surface area contributed by atoms with Crippen molar-refractivity contribution in [2.24, 2.45) is 5.92 Å². The fraction of sp³-hybridized carbons (Fsp3) is 0.632. The van der Waals surface area contributed by atoms with Crippen LogP contribution in [0, 0.1) is 5.92 Å². The lowest BCUT2D eigenvalue weighted by Gasteiger charge is -2.32. The number of halogens is 1. The molecular weight excluding hydrogens is 402 g/mol. The highest BCUT2D eigenvalue weighted by Crippen LogP contribution is 2.25. The van der Waals surface area contributed by atoms with Crippen LogP contribution in [0.5, 0.6) is 5.75 Å².